The summed E-state index contributed by atoms with van der Waals surface area (Å²) in [5.41, 5.74) is 0.332. The van der Waals surface area contributed by atoms with Gasteiger partial charge in [0.05, 0.1) is 6.10 Å². The Labute approximate surface area is 66.3 Å². The van der Waals surface area contributed by atoms with E-state index in [0.717, 1.165) is 6.42 Å². The van der Waals surface area contributed by atoms with Crippen molar-refractivity contribution in [1.82, 2.24) is 0 Å². The van der Waals surface area contributed by atoms with Crippen molar-refractivity contribution in [3.05, 3.63) is 0 Å². The normalized spacial score (nSPS) is 41.7. The van der Waals surface area contributed by atoms with E-state index >= 15 is 0 Å². The second-order valence-electron chi connectivity index (χ2n) is 2.55. The van der Waals surface area contributed by atoms with Crippen molar-refractivity contribution in [2.45, 2.75) is 38.1 Å². The minimum atomic E-state index is -0.0267. The molecule has 3 atom stereocenters. The van der Waals surface area contributed by atoms with Crippen LogP contribution in [-0.2, 0) is 9.47 Å². The second-order valence-corrected chi connectivity index (χ2v) is 3.55. The zero-order valence-corrected chi connectivity index (χ0v) is 7.48. The van der Waals surface area contributed by atoms with Crippen molar-refractivity contribution in [2.24, 2.45) is 0 Å². The van der Waals surface area contributed by atoms with Crippen LogP contribution in [0.1, 0.15) is 20.3 Å². The third-order valence-corrected chi connectivity index (χ3v) is 2.38. The molecule has 0 aliphatic carbocycles. The highest BCUT2D eigenvalue weighted by Crippen LogP contribution is 2.24. The first-order chi connectivity index (χ1) is 4.72. The summed E-state index contributed by atoms with van der Waals surface area (Å²) in [6, 6.07) is 0. The molecule has 0 N–H and O–H groups in total. The lowest BCUT2D eigenvalue weighted by Crippen LogP contribution is -2.33. The Morgan fingerprint density at radius 1 is 1.30 bits per heavy atom. The average molecular weight is 162 g/mol. The summed E-state index contributed by atoms with van der Waals surface area (Å²) in [5, 5.41) is 0. The molecule has 0 aromatic rings. The van der Waals surface area contributed by atoms with Gasteiger partial charge in [-0.15, -0.1) is 11.8 Å². The molecule has 0 aromatic heterocycles. The first-order valence-electron chi connectivity index (χ1n) is 3.56. The molecule has 0 spiro atoms. The largest absolute Gasteiger partial charge is 0.350 e. The van der Waals surface area contributed by atoms with Gasteiger partial charge in [-0.3, -0.25) is 0 Å². The van der Waals surface area contributed by atoms with Crippen LogP contribution in [0, 0.1) is 0 Å². The SMILES string of the molecule is CSC1CC(C)OC(C)O1. The van der Waals surface area contributed by atoms with E-state index in [2.05, 4.69) is 13.2 Å². The van der Waals surface area contributed by atoms with Crippen LogP contribution in [0.5, 0.6) is 0 Å². The molecule has 1 saturated heterocycles. The van der Waals surface area contributed by atoms with Crippen LogP contribution in [0.3, 0.4) is 0 Å². The Hall–Kier alpha value is 0.270. The maximum absolute atomic E-state index is 5.45. The third-order valence-electron chi connectivity index (χ3n) is 1.55. The Kier molecular flexibility index (Phi) is 3.01. The molecular formula is C7H14O2S. The van der Waals surface area contributed by atoms with Crippen molar-refractivity contribution in [3.8, 4) is 0 Å². The molecule has 1 aliphatic rings. The van der Waals surface area contributed by atoms with Crippen LogP contribution in [0.2, 0.25) is 0 Å². The average Bonchev–Trinajstić information content (AvgIpc) is 1.85. The van der Waals surface area contributed by atoms with Crippen molar-refractivity contribution in [3.63, 3.8) is 0 Å². The maximum Gasteiger partial charge on any atom is 0.156 e. The van der Waals surface area contributed by atoms with E-state index in [9.17, 15) is 0 Å². The predicted molar refractivity (Wildman–Crippen MR) is 43.0 cm³/mol. The summed E-state index contributed by atoms with van der Waals surface area (Å²) in [7, 11) is 0. The highest BCUT2D eigenvalue weighted by Gasteiger charge is 2.23. The number of rotatable bonds is 1. The first kappa shape index (κ1) is 8.37. The van der Waals surface area contributed by atoms with Gasteiger partial charge < -0.3 is 9.47 Å². The fourth-order valence-corrected chi connectivity index (χ4v) is 1.84. The number of ether oxygens (including phenoxy) is 2. The van der Waals surface area contributed by atoms with Gasteiger partial charge in [0.1, 0.15) is 5.44 Å². The Morgan fingerprint density at radius 3 is 2.50 bits per heavy atom. The van der Waals surface area contributed by atoms with Crippen molar-refractivity contribution >= 4 is 11.8 Å². The highest BCUT2D eigenvalue weighted by atomic mass is 32.2. The Morgan fingerprint density at radius 2 is 2.00 bits per heavy atom. The number of thioether (sulfide) groups is 1. The molecule has 1 aliphatic heterocycles. The molecule has 1 fully saturated rings. The van der Waals surface area contributed by atoms with E-state index in [1.807, 2.05) is 6.92 Å². The monoisotopic (exact) mass is 162 g/mol. The van der Waals surface area contributed by atoms with Crippen LogP contribution >= 0.6 is 11.8 Å². The van der Waals surface area contributed by atoms with Crippen molar-refractivity contribution in [1.29, 1.82) is 0 Å². The van der Waals surface area contributed by atoms with Crippen molar-refractivity contribution in [2.75, 3.05) is 6.26 Å². The molecule has 0 radical (unpaired) electrons. The first-order valence-corrected chi connectivity index (χ1v) is 4.85. The van der Waals surface area contributed by atoms with Crippen LogP contribution in [-0.4, -0.2) is 24.1 Å². The molecule has 0 saturated carbocycles. The summed E-state index contributed by atoms with van der Waals surface area (Å²) < 4.78 is 10.8. The zero-order valence-electron chi connectivity index (χ0n) is 6.66. The molecule has 1 rings (SSSR count). The van der Waals surface area contributed by atoms with Gasteiger partial charge in [-0.2, -0.15) is 0 Å². The summed E-state index contributed by atoms with van der Waals surface area (Å²) in [5.74, 6) is 0. The molecule has 0 bridgehead atoms. The summed E-state index contributed by atoms with van der Waals surface area (Å²) >= 11 is 1.75. The molecule has 3 heteroatoms. The highest BCUT2D eigenvalue weighted by molar-refractivity contribution is 7.99. The van der Waals surface area contributed by atoms with Gasteiger partial charge in [-0.25, -0.2) is 0 Å². The quantitative estimate of drug-likeness (QED) is 0.586. The van der Waals surface area contributed by atoms with Gasteiger partial charge in [0.2, 0.25) is 0 Å². The van der Waals surface area contributed by atoms with E-state index in [1.165, 1.54) is 0 Å². The minimum absolute atomic E-state index is 0.0267. The number of hydrogen-bond donors (Lipinski definition) is 0. The lowest BCUT2D eigenvalue weighted by molar-refractivity contribution is -0.207. The predicted octanol–water partition coefficient (Wildman–Crippen LogP) is 1.85. The summed E-state index contributed by atoms with van der Waals surface area (Å²) in [6.45, 7) is 4.03. The maximum atomic E-state index is 5.45. The third kappa shape index (κ3) is 2.15. The van der Waals surface area contributed by atoms with Gasteiger partial charge in [0.15, 0.2) is 6.29 Å². The fourth-order valence-electron chi connectivity index (χ4n) is 1.11. The molecule has 2 nitrogen and oxygen atoms in total. The molecule has 1 heterocycles. The van der Waals surface area contributed by atoms with E-state index in [4.69, 9.17) is 9.47 Å². The summed E-state index contributed by atoms with van der Waals surface area (Å²) in [4.78, 5) is 0. The van der Waals surface area contributed by atoms with E-state index < -0.39 is 0 Å². The molecule has 10 heavy (non-hydrogen) atoms. The zero-order chi connectivity index (χ0) is 7.56. The van der Waals surface area contributed by atoms with Gasteiger partial charge >= 0.3 is 0 Å². The molecule has 0 amide bonds. The molecule has 60 valence electrons. The van der Waals surface area contributed by atoms with E-state index in [0.29, 0.717) is 11.5 Å². The molecule has 3 unspecified atom stereocenters. The van der Waals surface area contributed by atoms with E-state index in [1.54, 1.807) is 11.8 Å². The molecule has 0 aromatic carbocycles. The van der Waals surface area contributed by atoms with Crippen molar-refractivity contribution < 1.29 is 9.47 Å². The van der Waals surface area contributed by atoms with Gasteiger partial charge in [-0.1, -0.05) is 0 Å². The lowest BCUT2D eigenvalue weighted by atomic mass is 10.3. The van der Waals surface area contributed by atoms with Crippen LogP contribution in [0.15, 0.2) is 0 Å². The van der Waals surface area contributed by atoms with Gasteiger partial charge in [0.25, 0.3) is 0 Å². The fraction of sp³-hybridized carbons (Fsp3) is 1.00. The molecular weight excluding hydrogens is 148 g/mol. The van der Waals surface area contributed by atoms with Crippen LogP contribution in [0.25, 0.3) is 0 Å². The second kappa shape index (κ2) is 3.60. The van der Waals surface area contributed by atoms with Crippen LogP contribution in [0.4, 0.5) is 0 Å². The Balaban J connectivity index is 2.35. The van der Waals surface area contributed by atoms with E-state index in [-0.39, 0.29) is 6.29 Å². The lowest BCUT2D eigenvalue weighted by Gasteiger charge is -2.31. The topological polar surface area (TPSA) is 18.5 Å². The minimum Gasteiger partial charge on any atom is -0.350 e. The van der Waals surface area contributed by atoms with Crippen LogP contribution < -0.4 is 0 Å². The Bertz CT molecular complexity index is 97.8. The van der Waals surface area contributed by atoms with Gasteiger partial charge in [0, 0.05) is 6.42 Å². The number of hydrogen-bond acceptors (Lipinski definition) is 3. The smallest absolute Gasteiger partial charge is 0.156 e. The standard InChI is InChI=1S/C7H14O2S/c1-5-4-7(10-3)9-6(2)8-5/h5-7H,4H2,1-3H3. The summed E-state index contributed by atoms with van der Waals surface area (Å²) in [6.07, 6.45) is 3.39. The van der Waals surface area contributed by atoms with Gasteiger partial charge in [-0.05, 0) is 20.1 Å².